The maximum atomic E-state index is 13.0. The molecule has 1 atom stereocenters. The Bertz CT molecular complexity index is 1110. The zero-order valence-electron chi connectivity index (χ0n) is 14.2. The average Bonchev–Trinajstić information content (AvgIpc) is 2.69. The van der Waals surface area contributed by atoms with E-state index in [-0.39, 0.29) is 24.4 Å². The molecule has 136 valence electrons. The summed E-state index contributed by atoms with van der Waals surface area (Å²) in [5.74, 6) is -0.503. The number of H-pyrrole nitrogens is 1. The van der Waals surface area contributed by atoms with Gasteiger partial charge < -0.3 is 15.4 Å². The van der Waals surface area contributed by atoms with Crippen LogP contribution in [0.25, 0.3) is 10.8 Å². The second kappa shape index (κ2) is 6.56. The van der Waals surface area contributed by atoms with Gasteiger partial charge in [0.25, 0.3) is 11.5 Å². The number of carbonyl (C=O) groups is 2. The number of aromatic nitrogens is 2. The van der Waals surface area contributed by atoms with Crippen LogP contribution in [0.3, 0.4) is 0 Å². The van der Waals surface area contributed by atoms with E-state index in [2.05, 4.69) is 10.2 Å². The third-order valence-electron chi connectivity index (χ3n) is 4.49. The number of hydrogen-bond donors (Lipinski definition) is 2. The van der Waals surface area contributed by atoms with Gasteiger partial charge in [-0.25, -0.2) is 5.10 Å². The topological polar surface area (TPSA) is 118 Å². The van der Waals surface area contributed by atoms with Gasteiger partial charge in [0.15, 0.2) is 6.10 Å². The molecule has 0 unspecified atom stereocenters. The van der Waals surface area contributed by atoms with Crippen LogP contribution in [0.1, 0.15) is 5.69 Å². The van der Waals surface area contributed by atoms with Crippen LogP contribution in [-0.4, -0.2) is 34.7 Å². The van der Waals surface area contributed by atoms with E-state index in [4.69, 9.17) is 10.5 Å². The first kappa shape index (κ1) is 16.8. The monoisotopic (exact) mass is 364 g/mol. The van der Waals surface area contributed by atoms with Crippen molar-refractivity contribution in [3.63, 3.8) is 0 Å². The molecule has 3 N–H and O–H groups in total. The van der Waals surface area contributed by atoms with Gasteiger partial charge in [-0.2, -0.15) is 5.10 Å². The van der Waals surface area contributed by atoms with Gasteiger partial charge in [0.1, 0.15) is 5.75 Å². The van der Waals surface area contributed by atoms with E-state index in [0.29, 0.717) is 27.9 Å². The predicted octanol–water partition coefficient (Wildman–Crippen LogP) is 0.745. The van der Waals surface area contributed by atoms with Gasteiger partial charge in [0, 0.05) is 5.39 Å². The number of anilines is 1. The molecule has 2 heterocycles. The number of nitrogens with one attached hydrogen (secondary N) is 1. The minimum absolute atomic E-state index is 0.0203. The van der Waals surface area contributed by atoms with Crippen LogP contribution in [0.5, 0.6) is 5.75 Å². The van der Waals surface area contributed by atoms with Crippen molar-refractivity contribution in [3.8, 4) is 5.75 Å². The molecule has 0 saturated heterocycles. The lowest BCUT2D eigenvalue weighted by Crippen LogP contribution is -2.49. The first-order valence-corrected chi connectivity index (χ1v) is 8.36. The fourth-order valence-electron chi connectivity index (χ4n) is 3.16. The van der Waals surface area contributed by atoms with Gasteiger partial charge in [-0.15, -0.1) is 0 Å². The first-order valence-electron chi connectivity index (χ1n) is 8.36. The van der Waals surface area contributed by atoms with Gasteiger partial charge in [0.05, 0.1) is 29.7 Å². The molecule has 1 aliphatic rings. The van der Waals surface area contributed by atoms with E-state index in [1.807, 2.05) is 0 Å². The molecule has 1 aromatic heterocycles. The van der Waals surface area contributed by atoms with E-state index in [0.717, 1.165) is 0 Å². The van der Waals surface area contributed by atoms with Crippen LogP contribution in [-0.2, 0) is 16.0 Å². The zero-order valence-corrected chi connectivity index (χ0v) is 14.2. The molecule has 27 heavy (non-hydrogen) atoms. The van der Waals surface area contributed by atoms with Gasteiger partial charge in [-0.3, -0.25) is 14.4 Å². The van der Waals surface area contributed by atoms with Gasteiger partial charge >= 0.3 is 0 Å². The Kier molecular flexibility index (Phi) is 4.08. The molecule has 2 aromatic carbocycles. The second-order valence-corrected chi connectivity index (χ2v) is 6.20. The highest BCUT2D eigenvalue weighted by atomic mass is 16.5. The van der Waals surface area contributed by atoms with E-state index in [1.54, 1.807) is 48.5 Å². The summed E-state index contributed by atoms with van der Waals surface area (Å²) in [5, 5.41) is 7.54. The molecule has 0 radical (unpaired) electrons. The van der Waals surface area contributed by atoms with Crippen LogP contribution >= 0.6 is 0 Å². The Labute approximate surface area is 153 Å². The minimum atomic E-state index is -0.927. The summed E-state index contributed by atoms with van der Waals surface area (Å²) in [6.45, 7) is 0.0203. The number of hydrogen-bond acceptors (Lipinski definition) is 5. The number of aromatic amines is 1. The summed E-state index contributed by atoms with van der Waals surface area (Å²) < 4.78 is 5.58. The van der Waals surface area contributed by atoms with Crippen molar-refractivity contribution >= 4 is 28.3 Å². The van der Waals surface area contributed by atoms with Crippen molar-refractivity contribution in [2.45, 2.75) is 12.5 Å². The first-order chi connectivity index (χ1) is 13.0. The molecule has 3 aromatic rings. The Morgan fingerprint density at radius 3 is 2.63 bits per heavy atom. The third kappa shape index (κ3) is 3.01. The van der Waals surface area contributed by atoms with E-state index < -0.39 is 12.0 Å². The number of nitrogens with two attached hydrogens (primary N) is 1. The van der Waals surface area contributed by atoms with Crippen LogP contribution in [0.4, 0.5) is 5.69 Å². The van der Waals surface area contributed by atoms with Crippen molar-refractivity contribution in [2.24, 2.45) is 5.73 Å². The minimum Gasteiger partial charge on any atom is -0.477 e. The Hall–Kier alpha value is -3.68. The highest BCUT2D eigenvalue weighted by molar-refractivity contribution is 5.99. The molecular formula is C19H16N4O4. The van der Waals surface area contributed by atoms with Gasteiger partial charge in [-0.1, -0.05) is 30.3 Å². The summed E-state index contributed by atoms with van der Waals surface area (Å²) in [6.07, 6.45) is -0.971. The summed E-state index contributed by atoms with van der Waals surface area (Å²) in [4.78, 5) is 38.0. The van der Waals surface area contributed by atoms with Crippen molar-refractivity contribution in [1.29, 1.82) is 0 Å². The number of benzene rings is 2. The number of para-hydroxylation sites is 2. The van der Waals surface area contributed by atoms with Crippen LogP contribution < -0.4 is 20.9 Å². The lowest BCUT2D eigenvalue weighted by molar-refractivity contribution is -0.125. The fourth-order valence-corrected chi connectivity index (χ4v) is 3.16. The molecule has 0 saturated carbocycles. The molecule has 4 rings (SSSR count). The number of ether oxygens (including phenoxy) is 1. The fraction of sp³-hybridized carbons (Fsp3) is 0.158. The smallest absolute Gasteiger partial charge is 0.272 e. The predicted molar refractivity (Wildman–Crippen MR) is 98.5 cm³/mol. The highest BCUT2D eigenvalue weighted by Crippen LogP contribution is 2.33. The molecule has 2 amide bonds. The lowest BCUT2D eigenvalue weighted by atomic mass is 10.1. The zero-order chi connectivity index (χ0) is 19.0. The van der Waals surface area contributed by atoms with Crippen LogP contribution in [0.15, 0.2) is 53.3 Å². The van der Waals surface area contributed by atoms with E-state index >= 15 is 0 Å². The number of amides is 2. The second-order valence-electron chi connectivity index (χ2n) is 6.20. The van der Waals surface area contributed by atoms with E-state index in [9.17, 15) is 14.4 Å². The maximum Gasteiger partial charge on any atom is 0.272 e. The number of carbonyl (C=O) groups excluding carboxylic acids is 2. The summed E-state index contributed by atoms with van der Waals surface area (Å²) in [6, 6.07) is 13.9. The Morgan fingerprint density at radius 1 is 1.15 bits per heavy atom. The molecule has 0 spiro atoms. The lowest BCUT2D eigenvalue weighted by Gasteiger charge is -2.33. The molecule has 0 aliphatic carbocycles. The normalized spacial score (nSPS) is 15.9. The van der Waals surface area contributed by atoms with Crippen molar-refractivity contribution < 1.29 is 14.3 Å². The molecular weight excluding hydrogens is 348 g/mol. The summed E-state index contributed by atoms with van der Waals surface area (Å²) in [7, 11) is 0. The van der Waals surface area contributed by atoms with E-state index in [1.165, 1.54) is 4.90 Å². The quantitative estimate of drug-likeness (QED) is 0.711. The number of primary amides is 1. The molecule has 0 fully saturated rings. The number of nitrogens with zero attached hydrogens (tertiary/aromatic N) is 2. The molecule has 8 heteroatoms. The van der Waals surface area contributed by atoms with Crippen molar-refractivity contribution in [3.05, 3.63) is 64.6 Å². The van der Waals surface area contributed by atoms with Gasteiger partial charge in [0.2, 0.25) is 5.91 Å². The maximum absolute atomic E-state index is 13.0. The Balaban J connectivity index is 1.70. The SMILES string of the molecule is NC(=O)[C@H]1CN(C(=O)Cc2n[nH]c(=O)c3ccccc23)c2ccccc2O1. The number of fused-ring (bicyclic) bond motifs is 2. The van der Waals surface area contributed by atoms with Gasteiger partial charge in [-0.05, 0) is 18.2 Å². The Morgan fingerprint density at radius 2 is 1.85 bits per heavy atom. The van der Waals surface area contributed by atoms with Crippen LogP contribution in [0.2, 0.25) is 0 Å². The average molecular weight is 364 g/mol. The molecule has 0 bridgehead atoms. The standard InChI is InChI=1S/C19H16N4O4/c20-18(25)16-10-23(14-7-3-4-8-15(14)27-16)17(24)9-13-11-5-1-2-6-12(11)19(26)22-21-13/h1-8,16H,9-10H2,(H2,20,25)(H,22,26)/t16-/m1/s1. The highest BCUT2D eigenvalue weighted by Gasteiger charge is 2.32. The largest absolute Gasteiger partial charge is 0.477 e. The molecule has 8 nitrogen and oxygen atoms in total. The summed E-state index contributed by atoms with van der Waals surface area (Å²) in [5.41, 5.74) is 6.08. The van der Waals surface area contributed by atoms with Crippen LogP contribution in [0, 0.1) is 0 Å². The van der Waals surface area contributed by atoms with Crippen molar-refractivity contribution in [2.75, 3.05) is 11.4 Å². The third-order valence-corrected chi connectivity index (χ3v) is 4.49. The van der Waals surface area contributed by atoms with Crippen molar-refractivity contribution in [1.82, 2.24) is 10.2 Å². The molecule has 1 aliphatic heterocycles. The number of rotatable bonds is 3. The summed E-state index contributed by atoms with van der Waals surface area (Å²) >= 11 is 0.